The second kappa shape index (κ2) is 15.3. The molecule has 0 aliphatic heterocycles. The Morgan fingerprint density at radius 3 is 2.08 bits per heavy atom. The lowest BCUT2D eigenvalue weighted by Crippen LogP contribution is -2.30. The van der Waals surface area contributed by atoms with Crippen molar-refractivity contribution in [1.82, 2.24) is 5.32 Å². The van der Waals surface area contributed by atoms with Crippen LogP contribution in [0.15, 0.2) is 162 Å². The maximum atomic E-state index is 13.8. The number of amides is 3. The number of carbonyl (C=O) groups excluding carboxylic acids is 3. The van der Waals surface area contributed by atoms with E-state index in [4.69, 9.17) is 11.6 Å². The summed E-state index contributed by atoms with van der Waals surface area (Å²) in [6, 6.07) is 46.1. The van der Waals surface area contributed by atoms with E-state index in [9.17, 15) is 14.4 Å². The first-order chi connectivity index (χ1) is 23.4. The van der Waals surface area contributed by atoms with E-state index >= 15 is 0 Å². The van der Waals surface area contributed by atoms with Gasteiger partial charge in [-0.05, 0) is 82.6 Å². The summed E-state index contributed by atoms with van der Waals surface area (Å²) in [5.74, 6) is -1.10. The van der Waals surface area contributed by atoms with Crippen LogP contribution in [0, 0.1) is 0 Å². The summed E-state index contributed by atoms with van der Waals surface area (Å²) in [6.07, 6.45) is 1.68. The van der Waals surface area contributed by atoms with Crippen LogP contribution in [0.4, 0.5) is 11.4 Å². The first-order valence-electron chi connectivity index (χ1n) is 15.2. The molecular weight excluding hydrogens is 638 g/mol. The molecule has 0 heterocycles. The molecule has 0 fully saturated rings. The van der Waals surface area contributed by atoms with Crippen LogP contribution < -0.4 is 16.0 Å². The molecular formula is C40H30ClN3O3S. The second-order valence-corrected chi connectivity index (χ2v) is 12.4. The highest BCUT2D eigenvalue weighted by atomic mass is 35.5. The number of thioether (sulfide) groups is 1. The number of carbonyl (C=O) groups is 3. The van der Waals surface area contributed by atoms with Gasteiger partial charge in [0.15, 0.2) is 0 Å². The minimum Gasteiger partial charge on any atom is -0.325 e. The zero-order chi connectivity index (χ0) is 33.3. The zero-order valence-corrected chi connectivity index (χ0v) is 27.2. The molecule has 0 radical (unpaired) electrons. The van der Waals surface area contributed by atoms with Crippen LogP contribution in [-0.4, -0.2) is 17.7 Å². The van der Waals surface area contributed by atoms with Gasteiger partial charge in [0.25, 0.3) is 11.8 Å². The standard InChI is InChI=1S/C40H30ClN3O3S/c41-31-21-23-32(24-22-31)42-40(47)37(28-12-3-1-4-13-28)48-34-19-10-18-33(26-34)43-39(46)36(44-38(45)29-14-5-2-6-15-29)25-30-17-9-16-27-11-7-8-20-35(27)30/h1-26,37H,(H,42,47)(H,43,46)(H,44,45)/b36-25+. The number of hydrogen-bond donors (Lipinski definition) is 3. The fraction of sp³-hybridized carbons (Fsp3) is 0.0250. The lowest BCUT2D eigenvalue weighted by atomic mass is 10.0. The minimum absolute atomic E-state index is 0.0859. The Hall–Kier alpha value is -5.63. The van der Waals surface area contributed by atoms with Crippen molar-refractivity contribution in [2.45, 2.75) is 10.1 Å². The molecule has 0 aliphatic carbocycles. The molecule has 6 aromatic rings. The Kier molecular flexibility index (Phi) is 10.3. The third kappa shape index (κ3) is 8.20. The minimum atomic E-state index is -0.584. The van der Waals surface area contributed by atoms with Crippen LogP contribution in [-0.2, 0) is 9.59 Å². The van der Waals surface area contributed by atoms with E-state index in [1.807, 2.05) is 97.1 Å². The molecule has 1 atom stereocenters. The molecule has 48 heavy (non-hydrogen) atoms. The number of hydrogen-bond acceptors (Lipinski definition) is 4. The van der Waals surface area contributed by atoms with Gasteiger partial charge in [-0.25, -0.2) is 0 Å². The average Bonchev–Trinajstić information content (AvgIpc) is 3.12. The van der Waals surface area contributed by atoms with E-state index in [0.717, 1.165) is 26.8 Å². The molecule has 6 rings (SSSR count). The number of nitrogens with one attached hydrogen (secondary N) is 3. The Balaban J connectivity index is 1.26. The Morgan fingerprint density at radius 1 is 0.646 bits per heavy atom. The van der Waals surface area contributed by atoms with Crippen LogP contribution >= 0.6 is 23.4 Å². The van der Waals surface area contributed by atoms with Crippen molar-refractivity contribution in [3.63, 3.8) is 0 Å². The number of anilines is 2. The molecule has 0 aliphatic rings. The van der Waals surface area contributed by atoms with Gasteiger partial charge in [-0.2, -0.15) is 0 Å². The molecule has 0 bridgehead atoms. The van der Waals surface area contributed by atoms with E-state index in [-0.39, 0.29) is 11.6 Å². The van der Waals surface area contributed by atoms with Gasteiger partial charge in [-0.3, -0.25) is 14.4 Å². The van der Waals surface area contributed by atoms with E-state index in [1.165, 1.54) is 11.8 Å². The highest BCUT2D eigenvalue weighted by Gasteiger charge is 2.23. The Morgan fingerprint density at radius 2 is 1.31 bits per heavy atom. The maximum Gasteiger partial charge on any atom is 0.272 e. The predicted octanol–water partition coefficient (Wildman–Crippen LogP) is 9.37. The number of benzene rings is 6. The highest BCUT2D eigenvalue weighted by molar-refractivity contribution is 8.00. The molecule has 6 nitrogen and oxygen atoms in total. The highest BCUT2D eigenvalue weighted by Crippen LogP contribution is 2.37. The Labute approximate surface area is 287 Å². The maximum absolute atomic E-state index is 13.8. The predicted molar refractivity (Wildman–Crippen MR) is 196 cm³/mol. The van der Waals surface area contributed by atoms with Crippen molar-refractivity contribution in [3.8, 4) is 0 Å². The quantitative estimate of drug-likeness (QED) is 0.100. The van der Waals surface area contributed by atoms with Crippen LogP contribution in [0.3, 0.4) is 0 Å². The second-order valence-electron chi connectivity index (χ2n) is 10.8. The fourth-order valence-electron chi connectivity index (χ4n) is 5.10. The van der Waals surface area contributed by atoms with Gasteiger partial charge in [0, 0.05) is 26.9 Å². The molecule has 0 saturated carbocycles. The van der Waals surface area contributed by atoms with E-state index in [0.29, 0.717) is 22.0 Å². The SMILES string of the molecule is O=C(Nc1cccc(SC(C(=O)Nc2ccc(Cl)cc2)c2ccccc2)c1)/C(=C\c1cccc2ccccc12)NC(=O)c1ccccc1. The number of rotatable bonds is 10. The van der Waals surface area contributed by atoms with Crippen molar-refractivity contribution in [2.24, 2.45) is 0 Å². The average molecular weight is 668 g/mol. The van der Waals surface area contributed by atoms with Gasteiger partial charge in [0.2, 0.25) is 5.91 Å². The molecule has 236 valence electrons. The fourth-order valence-corrected chi connectivity index (χ4v) is 6.31. The monoisotopic (exact) mass is 667 g/mol. The third-order valence-corrected chi connectivity index (χ3v) is 8.95. The van der Waals surface area contributed by atoms with Gasteiger partial charge in [0.1, 0.15) is 10.9 Å². The van der Waals surface area contributed by atoms with Gasteiger partial charge < -0.3 is 16.0 Å². The Bertz CT molecular complexity index is 2100. The van der Waals surface area contributed by atoms with E-state index < -0.39 is 17.1 Å². The normalized spacial score (nSPS) is 11.8. The molecule has 3 amide bonds. The lowest BCUT2D eigenvalue weighted by molar-refractivity contribution is -0.116. The van der Waals surface area contributed by atoms with Gasteiger partial charge >= 0.3 is 0 Å². The van der Waals surface area contributed by atoms with Gasteiger partial charge in [-0.1, -0.05) is 109 Å². The first kappa shape index (κ1) is 32.3. The first-order valence-corrected chi connectivity index (χ1v) is 16.4. The van der Waals surface area contributed by atoms with E-state index in [1.54, 1.807) is 60.7 Å². The molecule has 0 saturated heterocycles. The number of halogens is 1. The molecule has 8 heteroatoms. The third-order valence-electron chi connectivity index (χ3n) is 7.45. The van der Waals surface area contributed by atoms with Crippen molar-refractivity contribution in [1.29, 1.82) is 0 Å². The van der Waals surface area contributed by atoms with Crippen LogP contribution in [0.2, 0.25) is 5.02 Å². The topological polar surface area (TPSA) is 87.3 Å². The molecule has 1 unspecified atom stereocenters. The lowest BCUT2D eigenvalue weighted by Gasteiger charge is -2.18. The summed E-state index contributed by atoms with van der Waals surface area (Å²) in [7, 11) is 0. The molecule has 0 aromatic heterocycles. The summed E-state index contributed by atoms with van der Waals surface area (Å²) in [5, 5.41) is 10.7. The van der Waals surface area contributed by atoms with Crippen LogP contribution in [0.25, 0.3) is 16.8 Å². The molecule has 0 spiro atoms. The number of fused-ring (bicyclic) bond motifs is 1. The van der Waals surface area contributed by atoms with Crippen molar-refractivity contribution in [3.05, 3.63) is 179 Å². The summed E-state index contributed by atoms with van der Waals surface area (Å²) in [5.41, 5.74) is 3.27. The van der Waals surface area contributed by atoms with Gasteiger partial charge in [-0.15, -0.1) is 11.8 Å². The largest absolute Gasteiger partial charge is 0.325 e. The summed E-state index contributed by atoms with van der Waals surface area (Å²) < 4.78 is 0. The van der Waals surface area contributed by atoms with Gasteiger partial charge in [0.05, 0.1) is 0 Å². The summed E-state index contributed by atoms with van der Waals surface area (Å²) >= 11 is 7.39. The molecule has 6 aromatic carbocycles. The summed E-state index contributed by atoms with van der Waals surface area (Å²) in [4.78, 5) is 41.4. The van der Waals surface area contributed by atoms with Crippen LogP contribution in [0.5, 0.6) is 0 Å². The molecule has 3 N–H and O–H groups in total. The van der Waals surface area contributed by atoms with Crippen molar-refractivity contribution in [2.75, 3.05) is 10.6 Å². The summed E-state index contributed by atoms with van der Waals surface area (Å²) in [6.45, 7) is 0. The smallest absolute Gasteiger partial charge is 0.272 e. The van der Waals surface area contributed by atoms with E-state index in [2.05, 4.69) is 16.0 Å². The zero-order valence-electron chi connectivity index (χ0n) is 25.6. The van der Waals surface area contributed by atoms with Crippen molar-refractivity contribution >= 4 is 69.3 Å². The van der Waals surface area contributed by atoms with Crippen molar-refractivity contribution < 1.29 is 14.4 Å². The van der Waals surface area contributed by atoms with Crippen LogP contribution in [0.1, 0.15) is 26.7 Å².